The lowest BCUT2D eigenvalue weighted by Gasteiger charge is -2.09. The fraction of sp³-hybridized carbons (Fsp3) is 0.211. The number of methoxy groups -OCH3 is 2. The molecule has 32 heavy (non-hydrogen) atoms. The minimum atomic E-state index is -3.86. The van der Waals surface area contributed by atoms with Crippen LogP contribution >= 0.6 is 11.8 Å². The number of thioether (sulfide) groups is 1. The summed E-state index contributed by atoms with van der Waals surface area (Å²) in [6, 6.07) is 11.1. The highest BCUT2D eigenvalue weighted by molar-refractivity contribution is 7.99. The van der Waals surface area contributed by atoms with Crippen LogP contribution in [0.1, 0.15) is 11.4 Å². The minimum absolute atomic E-state index is 0.00864. The molecular weight excluding hydrogens is 456 g/mol. The van der Waals surface area contributed by atoms with Crippen molar-refractivity contribution in [1.82, 2.24) is 14.9 Å². The van der Waals surface area contributed by atoms with Crippen LogP contribution in [0.2, 0.25) is 0 Å². The van der Waals surface area contributed by atoms with Crippen molar-refractivity contribution >= 4 is 33.4 Å². The summed E-state index contributed by atoms with van der Waals surface area (Å²) < 4.78 is 34.7. The number of carbonyl (C=O) groups is 1. The molecule has 170 valence electrons. The molecule has 0 unspecified atom stereocenters. The molecule has 1 aromatic heterocycles. The van der Waals surface area contributed by atoms with Gasteiger partial charge in [0.05, 0.1) is 24.9 Å². The maximum atomic E-state index is 12.3. The second-order valence-corrected chi connectivity index (χ2v) is 9.05. The molecule has 0 atom stereocenters. The van der Waals surface area contributed by atoms with Gasteiger partial charge < -0.3 is 20.6 Å². The van der Waals surface area contributed by atoms with Crippen LogP contribution in [0.4, 0.5) is 5.69 Å². The highest BCUT2D eigenvalue weighted by atomic mass is 32.2. The van der Waals surface area contributed by atoms with Gasteiger partial charge in [0.25, 0.3) is 0 Å². The van der Waals surface area contributed by atoms with E-state index >= 15 is 0 Å². The van der Waals surface area contributed by atoms with Crippen LogP contribution in [0.3, 0.4) is 0 Å². The van der Waals surface area contributed by atoms with Crippen molar-refractivity contribution in [1.29, 1.82) is 0 Å². The molecule has 0 saturated heterocycles. The summed E-state index contributed by atoms with van der Waals surface area (Å²) in [6.07, 6.45) is 0.400. The number of nitrogens with one attached hydrogen (secondary N) is 1. The number of hydrogen-bond acceptors (Lipinski definition) is 9. The first kappa shape index (κ1) is 23.4. The topological polar surface area (TPSA) is 164 Å². The third kappa shape index (κ3) is 5.69. The van der Waals surface area contributed by atoms with E-state index in [2.05, 4.69) is 15.5 Å². The van der Waals surface area contributed by atoms with Crippen molar-refractivity contribution in [3.8, 4) is 11.5 Å². The number of nitrogens with two attached hydrogens (primary N) is 2. The molecule has 2 aromatic carbocycles. The summed E-state index contributed by atoms with van der Waals surface area (Å²) in [6.45, 7) is 0. The first-order valence-corrected chi connectivity index (χ1v) is 11.7. The van der Waals surface area contributed by atoms with Gasteiger partial charge in [0, 0.05) is 12.1 Å². The number of benzene rings is 2. The van der Waals surface area contributed by atoms with E-state index in [1.807, 2.05) is 12.1 Å². The lowest BCUT2D eigenvalue weighted by atomic mass is 10.1. The zero-order chi connectivity index (χ0) is 23.3. The maximum Gasteiger partial charge on any atom is 0.238 e. The molecular formula is C19H22N6O5S2. The normalized spacial score (nSPS) is 11.2. The van der Waals surface area contributed by atoms with E-state index in [1.54, 1.807) is 26.4 Å². The molecule has 1 heterocycles. The number of sulfonamides is 1. The molecule has 0 radical (unpaired) electrons. The number of carbonyl (C=O) groups excluding carboxylic acids is 1. The van der Waals surface area contributed by atoms with Crippen molar-refractivity contribution in [2.75, 3.05) is 31.1 Å². The zero-order valence-corrected chi connectivity index (χ0v) is 18.9. The maximum absolute atomic E-state index is 12.3. The molecule has 3 aromatic rings. The summed E-state index contributed by atoms with van der Waals surface area (Å²) in [5.41, 5.74) is 1.20. The van der Waals surface area contributed by atoms with Gasteiger partial charge in [-0.2, -0.15) is 0 Å². The second-order valence-electron chi connectivity index (χ2n) is 6.54. The van der Waals surface area contributed by atoms with Crippen LogP contribution in [0.15, 0.2) is 52.5 Å². The van der Waals surface area contributed by atoms with E-state index in [0.717, 1.165) is 17.3 Å². The molecule has 0 saturated carbocycles. The van der Waals surface area contributed by atoms with Gasteiger partial charge in [-0.05, 0) is 35.9 Å². The monoisotopic (exact) mass is 478 g/mol. The van der Waals surface area contributed by atoms with E-state index in [4.69, 9.17) is 20.5 Å². The standard InChI is InChI=1S/C19H22N6O5S2/c1-29-15-7-6-12(8-16(15)30-2)9-17-23-24-19(25(17)20)31-11-18(26)22-13-4-3-5-14(10-13)32(21,27)28/h3-8,10H,9,11,20H2,1-2H3,(H,22,26)(H2,21,27,28). The molecule has 0 bridgehead atoms. The highest BCUT2D eigenvalue weighted by Crippen LogP contribution is 2.28. The van der Waals surface area contributed by atoms with Gasteiger partial charge in [0.1, 0.15) is 0 Å². The Morgan fingerprint density at radius 3 is 2.56 bits per heavy atom. The molecule has 13 heteroatoms. The third-order valence-corrected chi connectivity index (χ3v) is 6.18. The number of amides is 1. The smallest absolute Gasteiger partial charge is 0.238 e. The van der Waals surface area contributed by atoms with Gasteiger partial charge in [0.2, 0.25) is 21.1 Å². The van der Waals surface area contributed by atoms with Crippen LogP contribution in [0.25, 0.3) is 0 Å². The number of nitrogen functional groups attached to an aromatic ring is 1. The Bertz CT molecular complexity index is 1230. The van der Waals surface area contributed by atoms with Crippen LogP contribution in [0, 0.1) is 0 Å². The Balaban J connectivity index is 1.62. The van der Waals surface area contributed by atoms with Crippen LogP contribution in [0.5, 0.6) is 11.5 Å². The Labute approximate surface area is 189 Å². The van der Waals surface area contributed by atoms with Crippen LogP contribution in [-0.2, 0) is 21.2 Å². The SMILES string of the molecule is COc1ccc(Cc2nnc(SCC(=O)Nc3cccc(S(N)(=O)=O)c3)n2N)cc1OC. The minimum Gasteiger partial charge on any atom is -0.493 e. The Hall–Kier alpha value is -3.29. The van der Waals surface area contributed by atoms with Crippen molar-refractivity contribution in [3.05, 3.63) is 53.9 Å². The van der Waals surface area contributed by atoms with Crippen molar-refractivity contribution in [3.63, 3.8) is 0 Å². The van der Waals surface area contributed by atoms with Crippen LogP contribution < -0.4 is 25.8 Å². The van der Waals surface area contributed by atoms with Gasteiger partial charge in [-0.1, -0.05) is 23.9 Å². The average Bonchev–Trinajstić information content (AvgIpc) is 3.11. The molecule has 3 rings (SSSR count). The Morgan fingerprint density at radius 2 is 1.88 bits per heavy atom. The quantitative estimate of drug-likeness (QED) is 0.300. The first-order valence-electron chi connectivity index (χ1n) is 9.17. The van der Waals surface area contributed by atoms with E-state index in [1.165, 1.54) is 22.9 Å². The average molecular weight is 479 g/mol. The largest absolute Gasteiger partial charge is 0.493 e. The summed E-state index contributed by atoms with van der Waals surface area (Å²) >= 11 is 1.09. The molecule has 1 amide bonds. The lowest BCUT2D eigenvalue weighted by molar-refractivity contribution is -0.113. The summed E-state index contributed by atoms with van der Waals surface area (Å²) in [5.74, 6) is 7.41. The predicted molar refractivity (Wildman–Crippen MR) is 120 cm³/mol. The predicted octanol–water partition coefficient (Wildman–Crippen LogP) is 0.978. The molecule has 0 aliphatic heterocycles. The molecule has 0 aliphatic rings. The Morgan fingerprint density at radius 1 is 1.12 bits per heavy atom. The second kappa shape index (κ2) is 9.89. The van der Waals surface area contributed by atoms with E-state index < -0.39 is 10.0 Å². The molecule has 5 N–H and O–H groups in total. The highest BCUT2D eigenvalue weighted by Gasteiger charge is 2.15. The first-order chi connectivity index (χ1) is 15.2. The van der Waals surface area contributed by atoms with Crippen molar-refractivity contribution in [2.45, 2.75) is 16.5 Å². The third-order valence-electron chi connectivity index (χ3n) is 4.32. The molecule has 0 spiro atoms. The van der Waals surface area contributed by atoms with Crippen molar-refractivity contribution in [2.24, 2.45) is 5.14 Å². The summed E-state index contributed by atoms with van der Waals surface area (Å²) in [5, 5.41) is 16.2. The fourth-order valence-electron chi connectivity index (χ4n) is 2.78. The van der Waals surface area contributed by atoms with Gasteiger partial charge in [0.15, 0.2) is 17.3 Å². The van der Waals surface area contributed by atoms with Crippen LogP contribution in [-0.4, -0.2) is 49.2 Å². The Kier molecular flexibility index (Phi) is 7.22. The van der Waals surface area contributed by atoms with Gasteiger partial charge in [-0.15, -0.1) is 10.2 Å². The molecule has 11 nitrogen and oxygen atoms in total. The fourth-order valence-corrected chi connectivity index (χ4v) is 4.01. The van der Waals surface area contributed by atoms with E-state index in [-0.39, 0.29) is 16.6 Å². The van der Waals surface area contributed by atoms with Crippen molar-refractivity contribution < 1.29 is 22.7 Å². The number of nitrogens with zero attached hydrogens (tertiary/aromatic N) is 3. The number of primary sulfonamides is 1. The number of rotatable bonds is 9. The number of hydrogen-bond donors (Lipinski definition) is 3. The summed E-state index contributed by atoms with van der Waals surface area (Å²) in [7, 11) is -0.749. The molecule has 0 aliphatic carbocycles. The van der Waals surface area contributed by atoms with Gasteiger partial charge >= 0.3 is 0 Å². The van der Waals surface area contributed by atoms with Gasteiger partial charge in [-0.25, -0.2) is 18.2 Å². The zero-order valence-electron chi connectivity index (χ0n) is 17.3. The lowest BCUT2D eigenvalue weighted by Crippen LogP contribution is -2.18. The van der Waals surface area contributed by atoms with Gasteiger partial charge in [-0.3, -0.25) is 4.79 Å². The number of anilines is 1. The number of aromatic nitrogens is 3. The summed E-state index contributed by atoms with van der Waals surface area (Å²) in [4.78, 5) is 12.2. The number of ether oxygens (including phenoxy) is 2. The van der Waals surface area contributed by atoms with E-state index in [9.17, 15) is 13.2 Å². The van der Waals surface area contributed by atoms with E-state index in [0.29, 0.717) is 34.6 Å². The molecule has 0 fully saturated rings.